The summed E-state index contributed by atoms with van der Waals surface area (Å²) in [5.74, 6) is -0.400. The van der Waals surface area contributed by atoms with E-state index in [4.69, 9.17) is 4.74 Å². The lowest BCUT2D eigenvalue weighted by Crippen LogP contribution is -2.25. The van der Waals surface area contributed by atoms with Gasteiger partial charge >= 0.3 is 5.97 Å². The number of carbonyl (C=O) groups is 1. The van der Waals surface area contributed by atoms with Gasteiger partial charge in [-0.1, -0.05) is 15.9 Å². The van der Waals surface area contributed by atoms with Crippen molar-refractivity contribution >= 4 is 21.9 Å². The molecular formula is C8H14BrFO2. The molecule has 2 nitrogen and oxygen atoms in total. The van der Waals surface area contributed by atoms with Crippen molar-refractivity contribution in [3.8, 4) is 0 Å². The van der Waals surface area contributed by atoms with Crippen LogP contribution in [-0.2, 0) is 9.53 Å². The maximum Gasteiger partial charge on any atom is 0.319 e. The topological polar surface area (TPSA) is 26.3 Å². The summed E-state index contributed by atoms with van der Waals surface area (Å²) in [4.78, 5) is 10.4. The van der Waals surface area contributed by atoms with Crippen molar-refractivity contribution in [3.05, 3.63) is 0 Å². The number of esters is 1. The maximum absolute atomic E-state index is 13.0. The van der Waals surface area contributed by atoms with Crippen molar-refractivity contribution in [3.63, 3.8) is 0 Å². The average Bonchev–Trinajstić information content (AvgIpc) is 1.84. The molecule has 4 heteroatoms. The summed E-state index contributed by atoms with van der Waals surface area (Å²) >= 11 is 3.07. The number of alkyl halides is 2. The molecule has 0 saturated heterocycles. The van der Waals surface area contributed by atoms with E-state index in [2.05, 4.69) is 15.9 Å². The van der Waals surface area contributed by atoms with Crippen LogP contribution in [0.25, 0.3) is 0 Å². The van der Waals surface area contributed by atoms with E-state index >= 15 is 0 Å². The lowest BCUT2D eigenvalue weighted by molar-refractivity contribution is -0.142. The highest BCUT2D eigenvalue weighted by atomic mass is 79.9. The van der Waals surface area contributed by atoms with Crippen LogP contribution < -0.4 is 0 Å². The zero-order valence-corrected chi connectivity index (χ0v) is 9.15. The van der Waals surface area contributed by atoms with E-state index in [-0.39, 0.29) is 6.42 Å². The van der Waals surface area contributed by atoms with Crippen LogP contribution in [-0.4, -0.2) is 23.1 Å². The molecule has 72 valence electrons. The highest BCUT2D eigenvalue weighted by molar-refractivity contribution is 9.10. The van der Waals surface area contributed by atoms with Gasteiger partial charge in [-0.25, -0.2) is 4.39 Å². The Morgan fingerprint density at radius 3 is 2.50 bits per heavy atom. The maximum atomic E-state index is 13.0. The van der Waals surface area contributed by atoms with Crippen LogP contribution in [0.4, 0.5) is 4.39 Å². The van der Waals surface area contributed by atoms with Crippen molar-refractivity contribution in [2.75, 3.05) is 6.61 Å². The Morgan fingerprint density at radius 1 is 1.67 bits per heavy atom. The largest absolute Gasteiger partial charge is 0.465 e. The summed E-state index contributed by atoms with van der Waals surface area (Å²) < 4.78 is 17.7. The van der Waals surface area contributed by atoms with Crippen LogP contribution >= 0.6 is 15.9 Å². The molecule has 0 aromatic carbocycles. The summed E-state index contributed by atoms with van der Waals surface area (Å²) in [7, 11) is 0. The molecule has 0 rings (SSSR count). The number of hydrogen-bond acceptors (Lipinski definition) is 2. The van der Waals surface area contributed by atoms with Crippen molar-refractivity contribution in [2.45, 2.75) is 37.7 Å². The summed E-state index contributed by atoms with van der Waals surface area (Å²) in [6, 6.07) is 0. The van der Waals surface area contributed by atoms with Gasteiger partial charge in [0.25, 0.3) is 0 Å². The van der Waals surface area contributed by atoms with E-state index in [1.807, 2.05) is 0 Å². The van der Waals surface area contributed by atoms with Gasteiger partial charge in [-0.3, -0.25) is 4.79 Å². The second kappa shape index (κ2) is 4.80. The zero-order chi connectivity index (χ0) is 9.78. The fourth-order valence-electron chi connectivity index (χ4n) is 0.742. The molecular weight excluding hydrogens is 227 g/mol. The SMILES string of the molecule is CCOC(=O)C(Br)CC(C)(C)F. The quantitative estimate of drug-likeness (QED) is 0.558. The van der Waals surface area contributed by atoms with Gasteiger partial charge in [0.2, 0.25) is 0 Å². The van der Waals surface area contributed by atoms with E-state index in [0.717, 1.165) is 0 Å². The fourth-order valence-corrected chi connectivity index (χ4v) is 1.64. The minimum Gasteiger partial charge on any atom is -0.465 e. The Hall–Kier alpha value is -0.120. The lowest BCUT2D eigenvalue weighted by atomic mass is 10.1. The van der Waals surface area contributed by atoms with Crippen LogP contribution in [0, 0.1) is 0 Å². The second-order valence-electron chi connectivity index (χ2n) is 3.14. The molecule has 12 heavy (non-hydrogen) atoms. The molecule has 0 fully saturated rings. The predicted octanol–water partition coefficient (Wildman–Crippen LogP) is 2.45. The van der Waals surface area contributed by atoms with Crippen molar-refractivity contribution in [2.24, 2.45) is 0 Å². The molecule has 0 heterocycles. The lowest BCUT2D eigenvalue weighted by Gasteiger charge is -2.16. The van der Waals surface area contributed by atoms with Gasteiger partial charge in [-0.2, -0.15) is 0 Å². The Balaban J connectivity index is 3.87. The normalized spacial score (nSPS) is 14.1. The van der Waals surface area contributed by atoms with Gasteiger partial charge < -0.3 is 4.74 Å². The molecule has 0 bridgehead atoms. The van der Waals surface area contributed by atoms with E-state index in [1.54, 1.807) is 6.92 Å². The first-order chi connectivity index (χ1) is 5.37. The third kappa shape index (κ3) is 5.52. The van der Waals surface area contributed by atoms with Crippen molar-refractivity contribution in [1.82, 2.24) is 0 Å². The smallest absolute Gasteiger partial charge is 0.319 e. The number of ether oxygens (including phenoxy) is 1. The molecule has 1 unspecified atom stereocenters. The van der Waals surface area contributed by atoms with Crippen LogP contribution in [0.15, 0.2) is 0 Å². The minimum atomic E-state index is -1.35. The summed E-state index contributed by atoms with van der Waals surface area (Å²) in [6.45, 7) is 4.91. The van der Waals surface area contributed by atoms with E-state index < -0.39 is 16.5 Å². The van der Waals surface area contributed by atoms with Crippen LogP contribution in [0.2, 0.25) is 0 Å². The van der Waals surface area contributed by atoms with Crippen LogP contribution in [0.1, 0.15) is 27.2 Å². The predicted molar refractivity (Wildman–Crippen MR) is 49.2 cm³/mol. The number of hydrogen-bond donors (Lipinski definition) is 0. The first-order valence-corrected chi connectivity index (χ1v) is 4.78. The van der Waals surface area contributed by atoms with Crippen molar-refractivity contribution in [1.29, 1.82) is 0 Å². The number of rotatable bonds is 4. The molecule has 0 spiro atoms. The van der Waals surface area contributed by atoms with Gasteiger partial charge in [0.05, 0.1) is 6.61 Å². The Morgan fingerprint density at radius 2 is 2.17 bits per heavy atom. The Bertz CT molecular complexity index is 154. The van der Waals surface area contributed by atoms with Gasteiger partial charge in [0, 0.05) is 6.42 Å². The summed E-state index contributed by atoms with van der Waals surface area (Å²) in [5, 5.41) is 0. The first kappa shape index (κ1) is 11.9. The molecule has 0 radical (unpaired) electrons. The molecule has 0 aromatic heterocycles. The van der Waals surface area contributed by atoms with Gasteiger partial charge in [0.15, 0.2) is 0 Å². The Kier molecular flexibility index (Phi) is 4.75. The minimum absolute atomic E-state index is 0.131. The van der Waals surface area contributed by atoms with E-state index in [9.17, 15) is 9.18 Å². The third-order valence-corrected chi connectivity index (χ3v) is 1.90. The third-order valence-electron chi connectivity index (χ3n) is 1.21. The molecule has 0 aliphatic heterocycles. The molecule has 1 atom stereocenters. The summed E-state index contributed by atoms with van der Waals surface area (Å²) in [5.41, 5.74) is -1.35. The van der Waals surface area contributed by atoms with Gasteiger partial charge in [-0.15, -0.1) is 0 Å². The molecule has 0 aliphatic rings. The zero-order valence-electron chi connectivity index (χ0n) is 7.56. The molecule has 0 aliphatic carbocycles. The highest BCUT2D eigenvalue weighted by Crippen LogP contribution is 2.21. The average molecular weight is 241 g/mol. The number of halogens is 2. The Labute approximate surface area is 80.6 Å². The fraction of sp³-hybridized carbons (Fsp3) is 0.875. The monoisotopic (exact) mass is 240 g/mol. The van der Waals surface area contributed by atoms with E-state index in [0.29, 0.717) is 6.61 Å². The molecule has 0 N–H and O–H groups in total. The van der Waals surface area contributed by atoms with Crippen LogP contribution in [0.5, 0.6) is 0 Å². The van der Waals surface area contributed by atoms with Gasteiger partial charge in [0.1, 0.15) is 10.5 Å². The molecule has 0 aromatic rings. The molecule has 0 saturated carbocycles. The summed E-state index contributed by atoms with van der Waals surface area (Å²) in [6.07, 6.45) is 0.131. The van der Waals surface area contributed by atoms with Gasteiger partial charge in [-0.05, 0) is 20.8 Å². The molecule has 0 amide bonds. The second-order valence-corrected chi connectivity index (χ2v) is 4.25. The van der Waals surface area contributed by atoms with Crippen molar-refractivity contribution < 1.29 is 13.9 Å². The van der Waals surface area contributed by atoms with E-state index in [1.165, 1.54) is 13.8 Å². The standard InChI is InChI=1S/C8H14BrFO2/c1-4-12-7(11)6(9)5-8(2,3)10/h6H,4-5H2,1-3H3. The first-order valence-electron chi connectivity index (χ1n) is 3.86. The van der Waals surface area contributed by atoms with Crippen LogP contribution in [0.3, 0.4) is 0 Å². The highest BCUT2D eigenvalue weighted by Gasteiger charge is 2.26. The number of carbonyl (C=O) groups excluding carboxylic acids is 1.